The van der Waals surface area contributed by atoms with Crippen LogP contribution in [0, 0.1) is 0 Å². The average Bonchev–Trinajstić information content (AvgIpc) is 2.89. The predicted molar refractivity (Wildman–Crippen MR) is 77.3 cm³/mol. The Hall–Kier alpha value is -1.74. The summed E-state index contributed by atoms with van der Waals surface area (Å²) >= 11 is 5.90. The van der Waals surface area contributed by atoms with Gasteiger partial charge in [0, 0.05) is 29.9 Å². The fourth-order valence-corrected chi connectivity index (χ4v) is 2.11. The summed E-state index contributed by atoms with van der Waals surface area (Å²) in [4.78, 5) is 14.7. The van der Waals surface area contributed by atoms with Crippen molar-refractivity contribution in [3.63, 3.8) is 0 Å². The lowest BCUT2D eigenvalue weighted by atomic mass is 10.1. The van der Waals surface area contributed by atoms with E-state index in [1.807, 2.05) is 42.6 Å². The number of rotatable bonds is 6. The van der Waals surface area contributed by atoms with E-state index in [0.29, 0.717) is 13.0 Å². The number of halogens is 1. The molecule has 4 heteroatoms. The molecule has 1 heterocycles. The maximum absolute atomic E-state index is 11.6. The summed E-state index contributed by atoms with van der Waals surface area (Å²) in [5, 5.41) is 3.65. The minimum absolute atomic E-state index is 0.0802. The number of aromatic nitrogens is 1. The Morgan fingerprint density at radius 3 is 2.84 bits per heavy atom. The third kappa shape index (κ3) is 4.79. The second kappa shape index (κ2) is 7.00. The lowest BCUT2D eigenvalue weighted by Gasteiger charge is -2.05. The Balaban J connectivity index is 1.66. The standard InChI is InChI=1S/C15H17ClN2O/c16-13-4-1-3-12(11-13)8-10-18-15(19)7-6-14-5-2-9-17-14/h1-5,9,11,17H,6-8,10H2,(H,18,19). The Bertz CT molecular complexity index is 523. The molecule has 100 valence electrons. The number of carbonyl (C=O) groups is 1. The minimum Gasteiger partial charge on any atom is -0.365 e. The van der Waals surface area contributed by atoms with E-state index in [2.05, 4.69) is 10.3 Å². The largest absolute Gasteiger partial charge is 0.365 e. The van der Waals surface area contributed by atoms with Gasteiger partial charge < -0.3 is 10.3 Å². The van der Waals surface area contributed by atoms with Gasteiger partial charge in [0.1, 0.15) is 0 Å². The molecule has 1 amide bonds. The van der Waals surface area contributed by atoms with Gasteiger partial charge in [0.05, 0.1) is 0 Å². The second-order valence-corrected chi connectivity index (χ2v) is 4.86. The lowest BCUT2D eigenvalue weighted by Crippen LogP contribution is -2.25. The summed E-state index contributed by atoms with van der Waals surface area (Å²) in [7, 11) is 0. The van der Waals surface area contributed by atoms with Crippen molar-refractivity contribution in [3.8, 4) is 0 Å². The Morgan fingerprint density at radius 2 is 2.11 bits per heavy atom. The summed E-state index contributed by atoms with van der Waals surface area (Å²) in [6.45, 7) is 0.643. The Morgan fingerprint density at radius 1 is 1.21 bits per heavy atom. The summed E-state index contributed by atoms with van der Waals surface area (Å²) in [5.74, 6) is 0.0802. The van der Waals surface area contributed by atoms with Crippen molar-refractivity contribution in [2.45, 2.75) is 19.3 Å². The number of aryl methyl sites for hydroxylation is 1. The molecule has 0 spiro atoms. The SMILES string of the molecule is O=C(CCc1ccc[nH]1)NCCc1cccc(Cl)c1. The zero-order valence-corrected chi connectivity index (χ0v) is 11.4. The highest BCUT2D eigenvalue weighted by atomic mass is 35.5. The van der Waals surface area contributed by atoms with Gasteiger partial charge >= 0.3 is 0 Å². The van der Waals surface area contributed by atoms with Gasteiger partial charge in [0.2, 0.25) is 5.91 Å². The fraction of sp³-hybridized carbons (Fsp3) is 0.267. The van der Waals surface area contributed by atoms with E-state index in [1.165, 1.54) is 0 Å². The van der Waals surface area contributed by atoms with Crippen molar-refractivity contribution < 1.29 is 4.79 Å². The number of amides is 1. The van der Waals surface area contributed by atoms with Crippen LogP contribution in [0.25, 0.3) is 0 Å². The molecule has 0 bridgehead atoms. The van der Waals surface area contributed by atoms with Crippen LogP contribution in [-0.4, -0.2) is 17.4 Å². The smallest absolute Gasteiger partial charge is 0.220 e. The molecule has 0 saturated carbocycles. The van der Waals surface area contributed by atoms with Gasteiger partial charge in [-0.2, -0.15) is 0 Å². The van der Waals surface area contributed by atoms with E-state index in [1.54, 1.807) is 0 Å². The molecular formula is C15H17ClN2O. The quantitative estimate of drug-likeness (QED) is 0.837. The third-order valence-electron chi connectivity index (χ3n) is 2.91. The summed E-state index contributed by atoms with van der Waals surface area (Å²) < 4.78 is 0. The summed E-state index contributed by atoms with van der Waals surface area (Å²) in [6.07, 6.45) is 3.92. The van der Waals surface area contributed by atoms with Gasteiger partial charge in [-0.1, -0.05) is 23.7 Å². The highest BCUT2D eigenvalue weighted by Crippen LogP contribution is 2.10. The van der Waals surface area contributed by atoms with Crippen LogP contribution < -0.4 is 5.32 Å². The number of H-pyrrole nitrogens is 1. The molecule has 1 aromatic carbocycles. The molecule has 0 unspecified atom stereocenters. The van der Waals surface area contributed by atoms with Crippen LogP contribution >= 0.6 is 11.6 Å². The maximum Gasteiger partial charge on any atom is 0.220 e. The molecule has 19 heavy (non-hydrogen) atoms. The van der Waals surface area contributed by atoms with Crippen molar-refractivity contribution in [2.24, 2.45) is 0 Å². The third-order valence-corrected chi connectivity index (χ3v) is 3.14. The molecule has 1 aromatic heterocycles. The molecule has 2 aromatic rings. The zero-order chi connectivity index (χ0) is 13.5. The molecule has 0 aliphatic rings. The highest BCUT2D eigenvalue weighted by molar-refractivity contribution is 6.30. The van der Waals surface area contributed by atoms with Crippen molar-refractivity contribution in [3.05, 3.63) is 58.9 Å². The van der Waals surface area contributed by atoms with Gasteiger partial charge in [-0.3, -0.25) is 4.79 Å². The fourth-order valence-electron chi connectivity index (χ4n) is 1.90. The van der Waals surface area contributed by atoms with Crippen LogP contribution in [0.5, 0.6) is 0 Å². The van der Waals surface area contributed by atoms with Crippen molar-refractivity contribution in [1.82, 2.24) is 10.3 Å². The van der Waals surface area contributed by atoms with E-state index >= 15 is 0 Å². The first-order chi connectivity index (χ1) is 9.24. The van der Waals surface area contributed by atoms with Crippen LogP contribution in [-0.2, 0) is 17.6 Å². The van der Waals surface area contributed by atoms with Crippen molar-refractivity contribution >= 4 is 17.5 Å². The lowest BCUT2D eigenvalue weighted by molar-refractivity contribution is -0.121. The Kier molecular flexibility index (Phi) is 5.04. The molecule has 0 aliphatic heterocycles. The molecule has 0 saturated heterocycles. The number of benzene rings is 1. The summed E-state index contributed by atoms with van der Waals surface area (Å²) in [5.41, 5.74) is 2.22. The normalized spacial score (nSPS) is 10.4. The van der Waals surface area contributed by atoms with E-state index in [-0.39, 0.29) is 5.91 Å². The molecule has 2 N–H and O–H groups in total. The van der Waals surface area contributed by atoms with Crippen LogP contribution in [0.1, 0.15) is 17.7 Å². The van der Waals surface area contributed by atoms with Crippen LogP contribution in [0.3, 0.4) is 0 Å². The number of nitrogens with one attached hydrogen (secondary N) is 2. The maximum atomic E-state index is 11.6. The van der Waals surface area contributed by atoms with Crippen LogP contribution in [0.2, 0.25) is 5.02 Å². The van der Waals surface area contributed by atoms with Gasteiger partial charge in [-0.05, 0) is 42.7 Å². The van der Waals surface area contributed by atoms with E-state index < -0.39 is 0 Å². The van der Waals surface area contributed by atoms with E-state index in [9.17, 15) is 4.79 Å². The molecule has 0 aliphatic carbocycles. The zero-order valence-electron chi connectivity index (χ0n) is 10.7. The molecule has 3 nitrogen and oxygen atoms in total. The average molecular weight is 277 g/mol. The van der Waals surface area contributed by atoms with Gasteiger partial charge in [-0.15, -0.1) is 0 Å². The van der Waals surface area contributed by atoms with Crippen LogP contribution in [0.15, 0.2) is 42.6 Å². The van der Waals surface area contributed by atoms with E-state index in [4.69, 9.17) is 11.6 Å². The topological polar surface area (TPSA) is 44.9 Å². The first-order valence-corrected chi connectivity index (χ1v) is 6.75. The van der Waals surface area contributed by atoms with E-state index in [0.717, 1.165) is 29.1 Å². The van der Waals surface area contributed by atoms with Crippen molar-refractivity contribution in [2.75, 3.05) is 6.54 Å². The molecule has 2 rings (SSSR count). The molecule has 0 radical (unpaired) electrons. The first-order valence-electron chi connectivity index (χ1n) is 6.37. The predicted octanol–water partition coefficient (Wildman–Crippen LogP) is 2.96. The minimum atomic E-state index is 0.0802. The first kappa shape index (κ1) is 13.7. The number of carbonyl (C=O) groups excluding carboxylic acids is 1. The summed E-state index contributed by atoms with van der Waals surface area (Å²) in [6, 6.07) is 11.6. The van der Waals surface area contributed by atoms with Gasteiger partial charge in [0.15, 0.2) is 0 Å². The number of aromatic amines is 1. The number of hydrogen-bond donors (Lipinski definition) is 2. The molecule has 0 fully saturated rings. The monoisotopic (exact) mass is 276 g/mol. The van der Waals surface area contributed by atoms with Gasteiger partial charge in [0.25, 0.3) is 0 Å². The second-order valence-electron chi connectivity index (χ2n) is 4.43. The van der Waals surface area contributed by atoms with Gasteiger partial charge in [-0.25, -0.2) is 0 Å². The molecule has 0 atom stereocenters. The Labute approximate surface area is 118 Å². The highest BCUT2D eigenvalue weighted by Gasteiger charge is 2.02. The number of hydrogen-bond acceptors (Lipinski definition) is 1. The van der Waals surface area contributed by atoms with Crippen molar-refractivity contribution in [1.29, 1.82) is 0 Å². The van der Waals surface area contributed by atoms with Crippen LogP contribution in [0.4, 0.5) is 0 Å². The molecular weight excluding hydrogens is 260 g/mol.